The number of rotatable bonds is 5. The lowest BCUT2D eigenvalue weighted by atomic mass is 10.0. The Hall–Kier alpha value is -3.26. The average Bonchev–Trinajstić information content (AvgIpc) is 3.16. The summed E-state index contributed by atoms with van der Waals surface area (Å²) >= 11 is 0. The van der Waals surface area contributed by atoms with Gasteiger partial charge in [0.15, 0.2) is 0 Å². The minimum absolute atomic E-state index is 0.700. The third-order valence-electron chi connectivity index (χ3n) is 6.25. The molecule has 3 N–H and O–H groups in total. The SMILES string of the molecule is CC(N)(O)c1cc(N2CCCN(Cc3ccn(-c4ccccc4)n3)CC2)c2ncccc2c1. The van der Waals surface area contributed by atoms with Crippen molar-refractivity contribution >= 4 is 16.6 Å². The lowest BCUT2D eigenvalue weighted by Crippen LogP contribution is -2.34. The van der Waals surface area contributed by atoms with Crippen LogP contribution in [0.5, 0.6) is 0 Å². The number of aliphatic hydroxyl groups is 1. The lowest BCUT2D eigenvalue weighted by Gasteiger charge is -2.27. The number of nitrogens with two attached hydrogens (primary N) is 1. The first-order valence-corrected chi connectivity index (χ1v) is 11.5. The number of pyridine rings is 1. The molecule has 0 radical (unpaired) electrons. The molecule has 3 heterocycles. The Morgan fingerprint density at radius 2 is 1.85 bits per heavy atom. The second-order valence-corrected chi connectivity index (χ2v) is 8.92. The molecule has 0 aliphatic carbocycles. The van der Waals surface area contributed by atoms with Crippen LogP contribution < -0.4 is 10.6 Å². The Morgan fingerprint density at radius 1 is 1.00 bits per heavy atom. The van der Waals surface area contributed by atoms with Gasteiger partial charge in [0, 0.05) is 56.1 Å². The molecule has 2 aromatic carbocycles. The molecule has 7 heteroatoms. The molecule has 7 nitrogen and oxygen atoms in total. The molecule has 4 aromatic rings. The number of hydrogen-bond acceptors (Lipinski definition) is 6. The van der Waals surface area contributed by atoms with Crippen LogP contribution in [-0.4, -0.2) is 50.9 Å². The van der Waals surface area contributed by atoms with Crippen LogP contribution in [-0.2, 0) is 12.3 Å². The van der Waals surface area contributed by atoms with Crippen molar-refractivity contribution < 1.29 is 5.11 Å². The van der Waals surface area contributed by atoms with Crippen LogP contribution in [0.1, 0.15) is 24.6 Å². The minimum atomic E-state index is -1.39. The van der Waals surface area contributed by atoms with E-state index >= 15 is 0 Å². The Balaban J connectivity index is 1.33. The Morgan fingerprint density at radius 3 is 2.67 bits per heavy atom. The monoisotopic (exact) mass is 442 g/mol. The van der Waals surface area contributed by atoms with Gasteiger partial charge in [-0.2, -0.15) is 5.10 Å². The maximum absolute atomic E-state index is 10.4. The van der Waals surface area contributed by atoms with E-state index in [1.807, 2.05) is 59.5 Å². The van der Waals surface area contributed by atoms with Gasteiger partial charge >= 0.3 is 0 Å². The van der Waals surface area contributed by atoms with E-state index in [1.54, 1.807) is 6.92 Å². The number of hydrogen-bond donors (Lipinski definition) is 2. The van der Waals surface area contributed by atoms with Crippen LogP contribution in [0.2, 0.25) is 0 Å². The number of fused-ring (bicyclic) bond motifs is 1. The first-order valence-electron chi connectivity index (χ1n) is 11.5. The predicted molar refractivity (Wildman–Crippen MR) is 131 cm³/mol. The molecule has 2 aromatic heterocycles. The predicted octanol–water partition coefficient (Wildman–Crippen LogP) is 3.26. The maximum Gasteiger partial charge on any atom is 0.136 e. The van der Waals surface area contributed by atoms with E-state index < -0.39 is 5.72 Å². The highest BCUT2D eigenvalue weighted by molar-refractivity contribution is 5.91. The number of para-hydroxylation sites is 1. The molecule has 170 valence electrons. The molecular weight excluding hydrogens is 412 g/mol. The zero-order chi connectivity index (χ0) is 22.8. The molecule has 0 bridgehead atoms. The van der Waals surface area contributed by atoms with Crippen molar-refractivity contribution in [2.45, 2.75) is 25.6 Å². The summed E-state index contributed by atoms with van der Waals surface area (Å²) in [5, 5.41) is 16.2. The van der Waals surface area contributed by atoms with E-state index in [2.05, 4.69) is 33.0 Å². The molecule has 1 unspecified atom stereocenters. The van der Waals surface area contributed by atoms with Crippen LogP contribution in [0.4, 0.5) is 5.69 Å². The van der Waals surface area contributed by atoms with E-state index in [9.17, 15) is 5.11 Å². The average molecular weight is 443 g/mol. The van der Waals surface area contributed by atoms with Gasteiger partial charge < -0.3 is 15.7 Å². The second kappa shape index (κ2) is 8.94. The first kappa shape index (κ1) is 21.6. The van der Waals surface area contributed by atoms with Gasteiger partial charge in [-0.3, -0.25) is 9.88 Å². The summed E-state index contributed by atoms with van der Waals surface area (Å²) in [4.78, 5) is 9.46. The van der Waals surface area contributed by atoms with Crippen molar-refractivity contribution in [1.82, 2.24) is 19.7 Å². The highest BCUT2D eigenvalue weighted by atomic mass is 16.3. The van der Waals surface area contributed by atoms with Crippen molar-refractivity contribution in [1.29, 1.82) is 0 Å². The van der Waals surface area contributed by atoms with Crippen molar-refractivity contribution in [3.05, 3.63) is 84.3 Å². The smallest absolute Gasteiger partial charge is 0.136 e. The fourth-order valence-corrected chi connectivity index (χ4v) is 4.48. The van der Waals surface area contributed by atoms with Crippen molar-refractivity contribution in [3.63, 3.8) is 0 Å². The fourth-order valence-electron chi connectivity index (χ4n) is 4.48. The molecule has 5 rings (SSSR count). The summed E-state index contributed by atoms with van der Waals surface area (Å²) in [6.07, 6.45) is 4.88. The number of benzene rings is 2. The zero-order valence-corrected chi connectivity index (χ0v) is 18.9. The summed E-state index contributed by atoms with van der Waals surface area (Å²) in [7, 11) is 0. The van der Waals surface area contributed by atoms with Crippen molar-refractivity contribution in [2.75, 3.05) is 31.1 Å². The third kappa shape index (κ3) is 4.75. The van der Waals surface area contributed by atoms with Crippen LogP contribution in [0.3, 0.4) is 0 Å². The highest BCUT2D eigenvalue weighted by Gasteiger charge is 2.23. The molecule has 0 saturated carbocycles. The molecule has 1 aliphatic heterocycles. The minimum Gasteiger partial charge on any atom is -0.372 e. The largest absolute Gasteiger partial charge is 0.372 e. The molecule has 1 fully saturated rings. The first-order chi connectivity index (χ1) is 16.0. The summed E-state index contributed by atoms with van der Waals surface area (Å²) in [6.45, 7) is 6.18. The number of anilines is 1. The normalized spacial score (nSPS) is 17.1. The van der Waals surface area contributed by atoms with Gasteiger partial charge in [-0.05, 0) is 49.7 Å². The highest BCUT2D eigenvalue weighted by Crippen LogP contribution is 2.31. The van der Waals surface area contributed by atoms with Gasteiger partial charge in [-0.25, -0.2) is 4.68 Å². The Kier molecular flexibility index (Phi) is 5.85. The molecule has 1 saturated heterocycles. The van der Waals surface area contributed by atoms with Gasteiger partial charge in [0.05, 0.1) is 22.6 Å². The van der Waals surface area contributed by atoms with Crippen molar-refractivity contribution in [3.8, 4) is 5.69 Å². The van der Waals surface area contributed by atoms with E-state index in [-0.39, 0.29) is 0 Å². The van der Waals surface area contributed by atoms with Gasteiger partial charge in [-0.1, -0.05) is 24.3 Å². The van der Waals surface area contributed by atoms with Crippen LogP contribution in [0, 0.1) is 0 Å². The van der Waals surface area contributed by atoms with Crippen LogP contribution in [0.15, 0.2) is 73.1 Å². The number of nitrogens with zero attached hydrogens (tertiary/aromatic N) is 5. The molecule has 1 aliphatic rings. The van der Waals surface area contributed by atoms with Crippen molar-refractivity contribution in [2.24, 2.45) is 5.73 Å². The van der Waals surface area contributed by atoms with Crippen LogP contribution in [0.25, 0.3) is 16.6 Å². The van der Waals surface area contributed by atoms with Gasteiger partial charge in [0.2, 0.25) is 0 Å². The van der Waals surface area contributed by atoms with Gasteiger partial charge in [-0.15, -0.1) is 0 Å². The van der Waals surface area contributed by atoms with E-state index in [0.717, 1.165) is 67.1 Å². The molecule has 0 spiro atoms. The van der Waals surface area contributed by atoms with Gasteiger partial charge in [0.25, 0.3) is 0 Å². The van der Waals surface area contributed by atoms with Crippen LogP contribution >= 0.6 is 0 Å². The Labute approximate surface area is 194 Å². The lowest BCUT2D eigenvalue weighted by molar-refractivity contribution is 0.0649. The molecule has 1 atom stereocenters. The second-order valence-electron chi connectivity index (χ2n) is 8.92. The van der Waals surface area contributed by atoms with Gasteiger partial charge in [0.1, 0.15) is 5.72 Å². The summed E-state index contributed by atoms with van der Waals surface area (Å²) in [5.74, 6) is 0. The quantitative estimate of drug-likeness (QED) is 0.462. The topological polar surface area (TPSA) is 83.4 Å². The fraction of sp³-hybridized carbons (Fsp3) is 0.308. The van der Waals surface area contributed by atoms with E-state index in [1.165, 1.54) is 0 Å². The summed E-state index contributed by atoms with van der Waals surface area (Å²) in [6, 6.07) is 20.1. The van der Waals surface area contributed by atoms with E-state index in [0.29, 0.717) is 5.56 Å². The molecule has 33 heavy (non-hydrogen) atoms. The summed E-state index contributed by atoms with van der Waals surface area (Å²) in [5.41, 5.74) is 9.45. The third-order valence-corrected chi connectivity index (χ3v) is 6.25. The summed E-state index contributed by atoms with van der Waals surface area (Å²) < 4.78 is 1.93. The van der Waals surface area contributed by atoms with E-state index in [4.69, 9.17) is 10.8 Å². The molecular formula is C26H30N6O. The zero-order valence-electron chi connectivity index (χ0n) is 18.9. The maximum atomic E-state index is 10.4. The number of aromatic nitrogens is 3. The Bertz CT molecular complexity index is 1230. The standard InChI is InChI=1S/C26H30N6O/c1-26(27,33)21-17-20-7-5-11-28-25(20)24(18-21)31-13-6-12-30(15-16-31)19-22-10-14-32(29-22)23-8-3-2-4-9-23/h2-5,7-11,14,17-18,33H,6,12-13,15-16,19,27H2,1H3. The molecule has 0 amide bonds.